The summed E-state index contributed by atoms with van der Waals surface area (Å²) in [5, 5.41) is 11.5. The number of rotatable bonds is 3. The second-order valence-corrected chi connectivity index (χ2v) is 4.03. The number of hydrogen-bond donors (Lipinski definition) is 1. The van der Waals surface area contributed by atoms with Gasteiger partial charge in [-0.15, -0.1) is 0 Å². The van der Waals surface area contributed by atoms with Gasteiger partial charge in [0, 0.05) is 6.08 Å². The summed E-state index contributed by atoms with van der Waals surface area (Å²) in [6.07, 6.45) is 2.91. The quantitative estimate of drug-likeness (QED) is 0.866. The van der Waals surface area contributed by atoms with Crippen LogP contribution in [-0.2, 0) is 4.79 Å². The molecule has 1 amide bonds. The lowest BCUT2D eigenvalue weighted by Crippen LogP contribution is -2.08. The molecule has 3 nitrogen and oxygen atoms in total. The number of nitrogens with zero attached hydrogens (tertiary/aromatic N) is 1. The average Bonchev–Trinajstić information content (AvgIpc) is 2.47. The second kappa shape index (κ2) is 6.30. The van der Waals surface area contributed by atoms with Crippen molar-refractivity contribution >= 4 is 17.7 Å². The normalized spacial score (nSPS) is 10.2. The predicted octanol–water partition coefficient (Wildman–Crippen LogP) is 3.35. The molecule has 0 saturated heterocycles. The fourth-order valence-electron chi connectivity index (χ4n) is 1.61. The van der Waals surface area contributed by atoms with E-state index in [2.05, 4.69) is 5.32 Å². The number of nitriles is 1. The van der Waals surface area contributed by atoms with Gasteiger partial charge in [0.2, 0.25) is 5.91 Å². The molecule has 0 aliphatic rings. The highest BCUT2D eigenvalue weighted by atomic mass is 19.1. The Morgan fingerprint density at radius 2 is 1.85 bits per heavy atom. The van der Waals surface area contributed by atoms with Crippen LogP contribution >= 0.6 is 0 Å². The van der Waals surface area contributed by atoms with E-state index in [4.69, 9.17) is 5.26 Å². The van der Waals surface area contributed by atoms with Gasteiger partial charge in [-0.1, -0.05) is 24.3 Å². The van der Waals surface area contributed by atoms with E-state index < -0.39 is 0 Å². The number of anilines is 1. The Morgan fingerprint density at radius 3 is 2.55 bits per heavy atom. The average molecular weight is 266 g/mol. The summed E-state index contributed by atoms with van der Waals surface area (Å²) >= 11 is 0. The number of para-hydroxylation sites is 1. The third kappa shape index (κ3) is 3.53. The highest BCUT2D eigenvalue weighted by molar-refractivity contribution is 6.02. The van der Waals surface area contributed by atoms with E-state index in [9.17, 15) is 9.18 Å². The molecule has 0 fully saturated rings. The summed E-state index contributed by atoms with van der Waals surface area (Å²) < 4.78 is 12.7. The monoisotopic (exact) mass is 266 g/mol. The molecule has 98 valence electrons. The first-order chi connectivity index (χ1) is 9.69. The number of hydrogen-bond acceptors (Lipinski definition) is 2. The molecule has 0 aliphatic carbocycles. The van der Waals surface area contributed by atoms with Crippen molar-refractivity contribution in [2.24, 2.45) is 0 Å². The van der Waals surface area contributed by atoms with Crippen LogP contribution in [0.3, 0.4) is 0 Å². The van der Waals surface area contributed by atoms with Crippen molar-refractivity contribution in [3.05, 3.63) is 71.6 Å². The van der Waals surface area contributed by atoms with Crippen LogP contribution in [0.5, 0.6) is 0 Å². The predicted molar refractivity (Wildman–Crippen MR) is 75.2 cm³/mol. The van der Waals surface area contributed by atoms with Gasteiger partial charge in [-0.2, -0.15) is 5.26 Å². The lowest BCUT2D eigenvalue weighted by molar-refractivity contribution is -0.111. The van der Waals surface area contributed by atoms with Crippen LogP contribution in [-0.4, -0.2) is 5.91 Å². The molecule has 1 N–H and O–H groups in total. The van der Waals surface area contributed by atoms with Crippen LogP contribution in [0.1, 0.15) is 11.1 Å². The topological polar surface area (TPSA) is 52.9 Å². The Labute approximate surface area is 116 Å². The van der Waals surface area contributed by atoms with E-state index >= 15 is 0 Å². The first-order valence-corrected chi connectivity index (χ1v) is 5.93. The zero-order valence-corrected chi connectivity index (χ0v) is 10.5. The van der Waals surface area contributed by atoms with Crippen LogP contribution in [0.15, 0.2) is 54.6 Å². The van der Waals surface area contributed by atoms with Crippen molar-refractivity contribution in [1.82, 2.24) is 0 Å². The van der Waals surface area contributed by atoms with Crippen LogP contribution in [0.4, 0.5) is 10.1 Å². The number of carbonyl (C=O) groups excluding carboxylic acids is 1. The Balaban J connectivity index is 2.06. The Hall–Kier alpha value is -2.93. The largest absolute Gasteiger partial charge is 0.321 e. The van der Waals surface area contributed by atoms with Crippen molar-refractivity contribution in [2.75, 3.05) is 5.32 Å². The fourth-order valence-corrected chi connectivity index (χ4v) is 1.61. The van der Waals surface area contributed by atoms with Gasteiger partial charge in [0.1, 0.15) is 11.9 Å². The molecule has 0 atom stereocenters. The molecule has 2 rings (SSSR count). The zero-order valence-electron chi connectivity index (χ0n) is 10.5. The maximum Gasteiger partial charge on any atom is 0.248 e. The van der Waals surface area contributed by atoms with Gasteiger partial charge >= 0.3 is 0 Å². The van der Waals surface area contributed by atoms with Crippen molar-refractivity contribution in [1.29, 1.82) is 5.26 Å². The molecule has 4 heteroatoms. The highest BCUT2D eigenvalue weighted by Crippen LogP contribution is 2.13. The standard InChI is InChI=1S/C16H11FN2O/c17-14-8-5-12(6-9-14)7-10-16(20)19-15-4-2-1-3-13(15)11-18/h1-10H,(H,19,20)/b10-7+. The van der Waals surface area contributed by atoms with Crippen molar-refractivity contribution in [3.8, 4) is 6.07 Å². The van der Waals surface area contributed by atoms with E-state index in [-0.39, 0.29) is 11.7 Å². The van der Waals surface area contributed by atoms with Crippen molar-refractivity contribution in [3.63, 3.8) is 0 Å². The Kier molecular flexibility index (Phi) is 4.25. The van der Waals surface area contributed by atoms with Gasteiger partial charge in [0.15, 0.2) is 0 Å². The minimum Gasteiger partial charge on any atom is -0.321 e. The van der Waals surface area contributed by atoms with E-state index in [0.29, 0.717) is 11.3 Å². The van der Waals surface area contributed by atoms with E-state index in [1.54, 1.807) is 42.5 Å². The number of nitrogens with one attached hydrogen (secondary N) is 1. The molecule has 0 saturated carbocycles. The SMILES string of the molecule is N#Cc1ccccc1NC(=O)/C=C/c1ccc(F)cc1. The van der Waals surface area contributed by atoms with Gasteiger partial charge in [0.05, 0.1) is 11.3 Å². The smallest absolute Gasteiger partial charge is 0.248 e. The van der Waals surface area contributed by atoms with Gasteiger partial charge in [0.25, 0.3) is 0 Å². The van der Waals surface area contributed by atoms with Crippen molar-refractivity contribution in [2.45, 2.75) is 0 Å². The summed E-state index contributed by atoms with van der Waals surface area (Å²) in [6.45, 7) is 0. The first kappa shape index (κ1) is 13.5. The summed E-state index contributed by atoms with van der Waals surface area (Å²) in [7, 11) is 0. The van der Waals surface area contributed by atoms with Gasteiger partial charge < -0.3 is 5.32 Å². The minimum atomic E-state index is -0.350. The maximum atomic E-state index is 12.7. The molecule has 0 aromatic heterocycles. The van der Waals surface area contributed by atoms with Crippen LogP contribution < -0.4 is 5.32 Å². The van der Waals surface area contributed by atoms with Crippen LogP contribution in [0.25, 0.3) is 6.08 Å². The van der Waals surface area contributed by atoms with E-state index in [1.165, 1.54) is 18.2 Å². The number of carbonyl (C=O) groups is 1. The molecule has 0 spiro atoms. The molecule has 20 heavy (non-hydrogen) atoms. The molecule has 0 radical (unpaired) electrons. The second-order valence-electron chi connectivity index (χ2n) is 4.03. The molecule has 0 bridgehead atoms. The Bertz CT molecular complexity index is 684. The third-order valence-electron chi connectivity index (χ3n) is 2.60. The van der Waals surface area contributed by atoms with Crippen LogP contribution in [0.2, 0.25) is 0 Å². The lowest BCUT2D eigenvalue weighted by Gasteiger charge is -2.03. The third-order valence-corrected chi connectivity index (χ3v) is 2.60. The number of amides is 1. The van der Waals surface area contributed by atoms with Gasteiger partial charge in [-0.25, -0.2) is 4.39 Å². The minimum absolute atomic E-state index is 0.324. The van der Waals surface area contributed by atoms with Gasteiger partial charge in [-0.05, 0) is 35.9 Å². The summed E-state index contributed by atoms with van der Waals surface area (Å²) in [5.41, 5.74) is 1.58. The fraction of sp³-hybridized carbons (Fsp3) is 0. The zero-order chi connectivity index (χ0) is 14.4. The molecular formula is C16H11FN2O. The first-order valence-electron chi connectivity index (χ1n) is 5.93. The molecule has 2 aromatic rings. The molecule has 0 unspecified atom stereocenters. The lowest BCUT2D eigenvalue weighted by atomic mass is 10.2. The number of benzene rings is 2. The van der Waals surface area contributed by atoms with E-state index in [1.807, 2.05) is 6.07 Å². The maximum absolute atomic E-state index is 12.7. The van der Waals surface area contributed by atoms with E-state index in [0.717, 1.165) is 5.56 Å². The molecule has 2 aromatic carbocycles. The van der Waals surface area contributed by atoms with Crippen molar-refractivity contribution < 1.29 is 9.18 Å². The summed E-state index contributed by atoms with van der Waals surface area (Å²) in [5.74, 6) is -0.674. The highest BCUT2D eigenvalue weighted by Gasteiger charge is 2.02. The molecule has 0 heterocycles. The Morgan fingerprint density at radius 1 is 1.15 bits per heavy atom. The summed E-state index contributed by atoms with van der Waals surface area (Å²) in [6, 6.07) is 14.5. The van der Waals surface area contributed by atoms with Crippen LogP contribution in [0, 0.1) is 17.1 Å². The number of halogens is 1. The molecular weight excluding hydrogens is 255 g/mol. The van der Waals surface area contributed by atoms with Gasteiger partial charge in [-0.3, -0.25) is 4.79 Å². The summed E-state index contributed by atoms with van der Waals surface area (Å²) in [4.78, 5) is 11.7. The molecule has 0 aliphatic heterocycles.